The van der Waals surface area contributed by atoms with E-state index in [1.165, 1.54) is 0 Å². The van der Waals surface area contributed by atoms with Gasteiger partial charge in [0.25, 0.3) is 0 Å². The van der Waals surface area contributed by atoms with Crippen molar-refractivity contribution >= 4 is 17.2 Å². The van der Waals surface area contributed by atoms with E-state index in [9.17, 15) is 0 Å². The average molecular weight is 245 g/mol. The van der Waals surface area contributed by atoms with Crippen molar-refractivity contribution < 1.29 is 0 Å². The first kappa shape index (κ1) is 11.8. The molecule has 0 radical (unpaired) electrons. The Morgan fingerprint density at radius 3 is 2.59 bits per heavy atom. The maximum absolute atomic E-state index is 6.01. The monoisotopic (exact) mass is 245 g/mol. The van der Waals surface area contributed by atoms with Crippen LogP contribution in [0, 0.1) is 0 Å². The van der Waals surface area contributed by atoms with Crippen molar-refractivity contribution in [1.82, 2.24) is 4.98 Å². The number of thiazole rings is 1. The van der Waals surface area contributed by atoms with E-state index in [2.05, 4.69) is 9.98 Å². The molecule has 0 fully saturated rings. The number of amidine groups is 1. The largest absolute Gasteiger partial charge is 0.383 e. The fourth-order valence-electron chi connectivity index (χ4n) is 1.55. The fourth-order valence-corrected chi connectivity index (χ4v) is 2.25. The predicted molar refractivity (Wildman–Crippen MR) is 72.3 cm³/mol. The van der Waals surface area contributed by atoms with Gasteiger partial charge in [0, 0.05) is 17.1 Å². The van der Waals surface area contributed by atoms with Gasteiger partial charge in [0.15, 0.2) is 0 Å². The summed E-state index contributed by atoms with van der Waals surface area (Å²) in [5.74, 6) is 0.547. The molecule has 0 aliphatic heterocycles. The summed E-state index contributed by atoms with van der Waals surface area (Å²) in [4.78, 5) is 8.85. The Bertz CT molecular complexity index is 501. The second-order valence-corrected chi connectivity index (χ2v) is 5.15. The molecule has 0 atom stereocenters. The SMILES string of the molecule is CC(C)(N=C(N)c1ccccc1)c1nccs1. The normalized spacial score (nSPS) is 12.7. The number of hydrogen-bond donors (Lipinski definition) is 1. The molecule has 88 valence electrons. The third kappa shape index (κ3) is 2.71. The molecule has 0 saturated carbocycles. The molecule has 2 aromatic rings. The van der Waals surface area contributed by atoms with Crippen molar-refractivity contribution in [1.29, 1.82) is 0 Å². The zero-order valence-corrected chi connectivity index (χ0v) is 10.7. The summed E-state index contributed by atoms with van der Waals surface area (Å²) < 4.78 is 0. The van der Waals surface area contributed by atoms with E-state index < -0.39 is 0 Å². The molecule has 1 aromatic heterocycles. The van der Waals surface area contributed by atoms with Crippen molar-refractivity contribution in [2.75, 3.05) is 0 Å². The molecule has 0 unspecified atom stereocenters. The van der Waals surface area contributed by atoms with Crippen LogP contribution < -0.4 is 5.73 Å². The zero-order valence-electron chi connectivity index (χ0n) is 9.92. The summed E-state index contributed by atoms with van der Waals surface area (Å²) in [5.41, 5.74) is 6.57. The number of benzene rings is 1. The van der Waals surface area contributed by atoms with Crippen LogP contribution in [-0.4, -0.2) is 10.8 Å². The van der Waals surface area contributed by atoms with Gasteiger partial charge >= 0.3 is 0 Å². The molecule has 1 heterocycles. The van der Waals surface area contributed by atoms with E-state index >= 15 is 0 Å². The fraction of sp³-hybridized carbons (Fsp3) is 0.231. The van der Waals surface area contributed by atoms with Gasteiger partial charge in [0.2, 0.25) is 0 Å². The molecule has 0 saturated heterocycles. The van der Waals surface area contributed by atoms with Gasteiger partial charge < -0.3 is 5.73 Å². The van der Waals surface area contributed by atoms with Gasteiger partial charge in [0.05, 0.1) is 0 Å². The zero-order chi connectivity index (χ0) is 12.3. The summed E-state index contributed by atoms with van der Waals surface area (Å²) in [7, 11) is 0. The van der Waals surface area contributed by atoms with Crippen molar-refractivity contribution in [3.8, 4) is 0 Å². The Kier molecular flexibility index (Phi) is 3.24. The van der Waals surface area contributed by atoms with Gasteiger partial charge in [-0.1, -0.05) is 30.3 Å². The minimum absolute atomic E-state index is 0.381. The van der Waals surface area contributed by atoms with E-state index in [1.807, 2.05) is 49.6 Å². The second-order valence-electron chi connectivity index (χ2n) is 4.26. The standard InChI is InChI=1S/C13H15N3S/c1-13(2,12-15-8-9-17-12)16-11(14)10-6-4-3-5-7-10/h3-9H,1-2H3,(H2,14,16). The second kappa shape index (κ2) is 4.67. The number of hydrogen-bond acceptors (Lipinski definition) is 3. The van der Waals surface area contributed by atoms with E-state index in [4.69, 9.17) is 5.73 Å². The van der Waals surface area contributed by atoms with Crippen LogP contribution in [0.4, 0.5) is 0 Å². The summed E-state index contributed by atoms with van der Waals surface area (Å²) in [6, 6.07) is 9.78. The minimum atomic E-state index is -0.381. The third-order valence-electron chi connectivity index (χ3n) is 2.43. The molecule has 0 bridgehead atoms. The smallest absolute Gasteiger partial charge is 0.126 e. The van der Waals surface area contributed by atoms with Crippen LogP contribution in [0.1, 0.15) is 24.4 Å². The highest BCUT2D eigenvalue weighted by Gasteiger charge is 2.22. The molecule has 0 aliphatic rings. The summed E-state index contributed by atoms with van der Waals surface area (Å²) in [6.07, 6.45) is 1.79. The molecule has 4 heteroatoms. The summed E-state index contributed by atoms with van der Waals surface area (Å²) >= 11 is 1.59. The topological polar surface area (TPSA) is 51.3 Å². The van der Waals surface area contributed by atoms with Crippen LogP contribution in [0.5, 0.6) is 0 Å². The maximum atomic E-state index is 6.01. The number of aliphatic imine (C=N–C) groups is 1. The highest BCUT2D eigenvalue weighted by atomic mass is 32.1. The van der Waals surface area contributed by atoms with Gasteiger partial charge in [-0.05, 0) is 13.8 Å². The molecule has 0 spiro atoms. The lowest BCUT2D eigenvalue weighted by molar-refractivity contribution is 0.554. The molecule has 2 N–H and O–H groups in total. The van der Waals surface area contributed by atoms with Crippen molar-refractivity contribution in [2.45, 2.75) is 19.4 Å². The van der Waals surface area contributed by atoms with Crippen LogP contribution in [0.15, 0.2) is 46.9 Å². The summed E-state index contributed by atoms with van der Waals surface area (Å²) in [5, 5.41) is 2.92. The van der Waals surface area contributed by atoms with E-state index in [0.717, 1.165) is 10.6 Å². The van der Waals surface area contributed by atoms with Crippen LogP contribution in [0.25, 0.3) is 0 Å². The Morgan fingerprint density at radius 2 is 2.00 bits per heavy atom. The first-order valence-electron chi connectivity index (χ1n) is 5.40. The number of nitrogens with two attached hydrogens (primary N) is 1. The molecular formula is C13H15N3S. The highest BCUT2D eigenvalue weighted by Crippen LogP contribution is 2.26. The minimum Gasteiger partial charge on any atom is -0.383 e. The number of aromatic nitrogens is 1. The number of nitrogens with zero attached hydrogens (tertiary/aromatic N) is 2. The van der Waals surface area contributed by atoms with E-state index in [0.29, 0.717) is 5.84 Å². The summed E-state index contributed by atoms with van der Waals surface area (Å²) in [6.45, 7) is 4.03. The molecule has 0 amide bonds. The lowest BCUT2D eigenvalue weighted by atomic mass is 10.1. The molecule has 17 heavy (non-hydrogen) atoms. The molecule has 0 aliphatic carbocycles. The lowest BCUT2D eigenvalue weighted by Crippen LogP contribution is -2.22. The van der Waals surface area contributed by atoms with Crippen molar-refractivity contribution in [3.05, 3.63) is 52.5 Å². The van der Waals surface area contributed by atoms with Gasteiger partial charge in [-0.15, -0.1) is 11.3 Å². The van der Waals surface area contributed by atoms with Crippen LogP contribution >= 0.6 is 11.3 Å². The van der Waals surface area contributed by atoms with Gasteiger partial charge in [-0.3, -0.25) is 4.99 Å². The Balaban J connectivity index is 2.31. The quantitative estimate of drug-likeness (QED) is 0.667. The highest BCUT2D eigenvalue weighted by molar-refractivity contribution is 7.09. The molecule has 1 aromatic carbocycles. The van der Waals surface area contributed by atoms with Gasteiger partial charge in [-0.2, -0.15) is 0 Å². The molecular weight excluding hydrogens is 230 g/mol. The van der Waals surface area contributed by atoms with Gasteiger partial charge in [-0.25, -0.2) is 4.98 Å². The first-order chi connectivity index (χ1) is 8.09. The first-order valence-corrected chi connectivity index (χ1v) is 6.28. The van der Waals surface area contributed by atoms with Crippen LogP contribution in [0.2, 0.25) is 0 Å². The van der Waals surface area contributed by atoms with Crippen molar-refractivity contribution in [3.63, 3.8) is 0 Å². The Morgan fingerprint density at radius 1 is 1.29 bits per heavy atom. The average Bonchev–Trinajstić information content (AvgIpc) is 2.84. The number of rotatable bonds is 3. The predicted octanol–water partition coefficient (Wildman–Crippen LogP) is 2.78. The Hall–Kier alpha value is -1.68. The van der Waals surface area contributed by atoms with E-state index in [1.54, 1.807) is 17.5 Å². The maximum Gasteiger partial charge on any atom is 0.126 e. The van der Waals surface area contributed by atoms with Gasteiger partial charge in [0.1, 0.15) is 16.4 Å². The molecule has 2 rings (SSSR count). The Labute approximate surface area is 105 Å². The van der Waals surface area contributed by atoms with Crippen LogP contribution in [-0.2, 0) is 5.54 Å². The van der Waals surface area contributed by atoms with E-state index in [-0.39, 0.29) is 5.54 Å². The van der Waals surface area contributed by atoms with Crippen LogP contribution in [0.3, 0.4) is 0 Å². The lowest BCUT2D eigenvalue weighted by Gasteiger charge is -2.17. The van der Waals surface area contributed by atoms with Crippen molar-refractivity contribution in [2.24, 2.45) is 10.7 Å². The third-order valence-corrected chi connectivity index (χ3v) is 3.51. The molecule has 3 nitrogen and oxygen atoms in total.